The van der Waals surface area contributed by atoms with Gasteiger partial charge in [0.05, 0.1) is 18.8 Å². The SMILES string of the molecule is CN=C(NCc1cc(C)no1)NCc1nnc(C(C)C)s1.I. The highest BCUT2D eigenvalue weighted by Crippen LogP contribution is 2.18. The largest absolute Gasteiger partial charge is 0.359 e. The summed E-state index contributed by atoms with van der Waals surface area (Å²) in [5.41, 5.74) is 0.866. The molecular formula is C13H21IN6OS. The number of aliphatic imine (C=N–C) groups is 1. The molecule has 122 valence electrons. The highest BCUT2D eigenvalue weighted by atomic mass is 127. The summed E-state index contributed by atoms with van der Waals surface area (Å²) >= 11 is 1.62. The molecule has 0 radical (unpaired) electrons. The van der Waals surface area contributed by atoms with Crippen LogP contribution in [0.3, 0.4) is 0 Å². The topological polar surface area (TPSA) is 88.2 Å². The molecule has 0 saturated heterocycles. The zero-order chi connectivity index (χ0) is 15.2. The van der Waals surface area contributed by atoms with Gasteiger partial charge in [0.1, 0.15) is 10.0 Å². The predicted octanol–water partition coefficient (Wildman–Crippen LogP) is 2.44. The number of rotatable bonds is 5. The Hall–Kier alpha value is -1.23. The zero-order valence-corrected chi connectivity index (χ0v) is 16.2. The van der Waals surface area contributed by atoms with Crippen LogP contribution in [0.1, 0.15) is 41.2 Å². The number of hydrogen-bond acceptors (Lipinski definition) is 6. The molecule has 0 unspecified atom stereocenters. The van der Waals surface area contributed by atoms with Crippen molar-refractivity contribution >= 4 is 41.3 Å². The van der Waals surface area contributed by atoms with E-state index in [2.05, 4.69) is 44.8 Å². The Bertz CT molecular complexity index is 609. The van der Waals surface area contributed by atoms with Crippen molar-refractivity contribution in [2.45, 2.75) is 39.8 Å². The van der Waals surface area contributed by atoms with Crippen molar-refractivity contribution in [2.75, 3.05) is 7.05 Å². The first-order valence-electron chi connectivity index (χ1n) is 6.77. The van der Waals surface area contributed by atoms with E-state index in [0.29, 0.717) is 25.0 Å². The zero-order valence-electron chi connectivity index (χ0n) is 13.1. The van der Waals surface area contributed by atoms with Crippen LogP contribution in [0.2, 0.25) is 0 Å². The van der Waals surface area contributed by atoms with Gasteiger partial charge in [-0.15, -0.1) is 34.2 Å². The molecule has 0 atom stereocenters. The van der Waals surface area contributed by atoms with E-state index < -0.39 is 0 Å². The number of nitrogens with zero attached hydrogens (tertiary/aromatic N) is 4. The van der Waals surface area contributed by atoms with Gasteiger partial charge in [0.25, 0.3) is 0 Å². The summed E-state index contributed by atoms with van der Waals surface area (Å²) in [6.07, 6.45) is 0. The van der Waals surface area contributed by atoms with Crippen LogP contribution >= 0.6 is 35.3 Å². The van der Waals surface area contributed by atoms with Crippen LogP contribution in [0.4, 0.5) is 0 Å². The molecule has 2 heterocycles. The lowest BCUT2D eigenvalue weighted by Crippen LogP contribution is -2.36. The molecule has 2 rings (SSSR count). The number of nitrogens with one attached hydrogen (secondary N) is 2. The number of hydrogen-bond donors (Lipinski definition) is 2. The van der Waals surface area contributed by atoms with Crippen LogP contribution in [0.5, 0.6) is 0 Å². The Morgan fingerprint density at radius 1 is 1.32 bits per heavy atom. The molecule has 2 N–H and O–H groups in total. The van der Waals surface area contributed by atoms with Gasteiger partial charge < -0.3 is 15.2 Å². The second-order valence-electron chi connectivity index (χ2n) is 4.90. The summed E-state index contributed by atoms with van der Waals surface area (Å²) in [7, 11) is 1.72. The summed E-state index contributed by atoms with van der Waals surface area (Å²) in [6, 6.07) is 1.89. The minimum atomic E-state index is 0. The smallest absolute Gasteiger partial charge is 0.191 e. The number of aryl methyl sites for hydroxylation is 1. The molecular weight excluding hydrogens is 415 g/mol. The van der Waals surface area contributed by atoms with E-state index in [1.807, 2.05) is 13.0 Å². The van der Waals surface area contributed by atoms with Gasteiger partial charge in [0.2, 0.25) is 0 Å². The van der Waals surface area contributed by atoms with Crippen LogP contribution in [0.25, 0.3) is 0 Å². The van der Waals surface area contributed by atoms with Crippen molar-refractivity contribution in [3.63, 3.8) is 0 Å². The first-order chi connectivity index (χ1) is 10.1. The molecule has 0 amide bonds. The fraction of sp³-hybridized carbons (Fsp3) is 0.538. The Morgan fingerprint density at radius 3 is 2.59 bits per heavy atom. The molecule has 9 heteroatoms. The fourth-order valence-corrected chi connectivity index (χ4v) is 2.41. The molecule has 0 aromatic carbocycles. The van der Waals surface area contributed by atoms with Gasteiger partial charge in [-0.3, -0.25) is 4.99 Å². The van der Waals surface area contributed by atoms with E-state index in [1.54, 1.807) is 18.4 Å². The van der Waals surface area contributed by atoms with Crippen molar-refractivity contribution in [3.8, 4) is 0 Å². The molecule has 0 saturated carbocycles. The van der Waals surface area contributed by atoms with Gasteiger partial charge in [-0.05, 0) is 6.92 Å². The van der Waals surface area contributed by atoms with Crippen molar-refractivity contribution in [3.05, 3.63) is 27.5 Å². The third-order valence-electron chi connectivity index (χ3n) is 2.71. The summed E-state index contributed by atoms with van der Waals surface area (Å²) in [6.45, 7) is 7.24. The van der Waals surface area contributed by atoms with Gasteiger partial charge in [0.15, 0.2) is 11.7 Å². The van der Waals surface area contributed by atoms with E-state index in [0.717, 1.165) is 21.5 Å². The van der Waals surface area contributed by atoms with Gasteiger partial charge in [-0.1, -0.05) is 30.3 Å². The predicted molar refractivity (Wildman–Crippen MR) is 97.7 cm³/mol. The minimum Gasteiger partial charge on any atom is -0.359 e. The van der Waals surface area contributed by atoms with Crippen molar-refractivity contribution < 1.29 is 4.52 Å². The Kier molecular flexibility index (Phi) is 7.73. The van der Waals surface area contributed by atoms with Gasteiger partial charge >= 0.3 is 0 Å². The third-order valence-corrected chi connectivity index (χ3v) is 3.94. The molecule has 22 heavy (non-hydrogen) atoms. The second kappa shape index (κ2) is 9.03. The lowest BCUT2D eigenvalue weighted by molar-refractivity contribution is 0.376. The van der Waals surface area contributed by atoms with Gasteiger partial charge in [-0.2, -0.15) is 0 Å². The lowest BCUT2D eigenvalue weighted by Gasteiger charge is -2.08. The maximum absolute atomic E-state index is 5.14. The first kappa shape index (κ1) is 18.8. The third kappa shape index (κ3) is 5.52. The summed E-state index contributed by atoms with van der Waals surface area (Å²) in [5, 5.41) is 20.5. The highest BCUT2D eigenvalue weighted by molar-refractivity contribution is 14.0. The quantitative estimate of drug-likeness (QED) is 0.425. The standard InChI is InChI=1S/C13H20N6OS.HI/c1-8(2)12-18-17-11(21-12)7-16-13(14-4)15-6-10-5-9(3)19-20-10;/h5,8H,6-7H2,1-4H3,(H2,14,15,16);1H. The second-order valence-corrected chi connectivity index (χ2v) is 6.00. The molecule has 0 aliphatic carbocycles. The molecule has 0 aliphatic rings. The Labute approximate surface area is 151 Å². The summed E-state index contributed by atoms with van der Waals surface area (Å²) in [4.78, 5) is 4.16. The van der Waals surface area contributed by atoms with Crippen LogP contribution in [-0.4, -0.2) is 28.4 Å². The molecule has 2 aromatic heterocycles. The fourth-order valence-electron chi connectivity index (χ4n) is 1.62. The van der Waals surface area contributed by atoms with Crippen LogP contribution < -0.4 is 10.6 Å². The van der Waals surface area contributed by atoms with Crippen molar-refractivity contribution in [1.82, 2.24) is 26.0 Å². The molecule has 0 spiro atoms. The number of halogens is 1. The molecule has 0 fully saturated rings. The normalized spacial score (nSPS) is 11.4. The molecule has 7 nitrogen and oxygen atoms in total. The van der Waals surface area contributed by atoms with E-state index in [1.165, 1.54) is 0 Å². The lowest BCUT2D eigenvalue weighted by atomic mass is 10.2. The van der Waals surface area contributed by atoms with Crippen LogP contribution in [0.15, 0.2) is 15.6 Å². The maximum Gasteiger partial charge on any atom is 0.191 e. The maximum atomic E-state index is 5.14. The number of aromatic nitrogens is 3. The average Bonchev–Trinajstić information content (AvgIpc) is 3.08. The summed E-state index contributed by atoms with van der Waals surface area (Å²) < 4.78 is 5.14. The average molecular weight is 436 g/mol. The Morgan fingerprint density at radius 2 is 2.05 bits per heavy atom. The van der Waals surface area contributed by atoms with E-state index >= 15 is 0 Å². The van der Waals surface area contributed by atoms with E-state index in [9.17, 15) is 0 Å². The number of guanidine groups is 1. The van der Waals surface area contributed by atoms with Crippen LogP contribution in [-0.2, 0) is 13.1 Å². The van der Waals surface area contributed by atoms with Crippen LogP contribution in [0, 0.1) is 6.92 Å². The van der Waals surface area contributed by atoms with E-state index in [4.69, 9.17) is 4.52 Å². The van der Waals surface area contributed by atoms with Crippen molar-refractivity contribution in [1.29, 1.82) is 0 Å². The highest BCUT2D eigenvalue weighted by Gasteiger charge is 2.08. The minimum absolute atomic E-state index is 0. The Balaban J connectivity index is 0.00000242. The monoisotopic (exact) mass is 436 g/mol. The molecule has 2 aromatic rings. The summed E-state index contributed by atoms with van der Waals surface area (Å²) in [5.74, 6) is 1.86. The molecule has 0 bridgehead atoms. The molecule has 0 aliphatic heterocycles. The van der Waals surface area contributed by atoms with Gasteiger partial charge in [-0.25, -0.2) is 0 Å². The van der Waals surface area contributed by atoms with Gasteiger partial charge in [0, 0.05) is 19.0 Å². The first-order valence-corrected chi connectivity index (χ1v) is 7.59. The van der Waals surface area contributed by atoms with E-state index in [-0.39, 0.29) is 24.0 Å². The van der Waals surface area contributed by atoms with Crippen molar-refractivity contribution in [2.24, 2.45) is 4.99 Å².